The standard InChI is InChI=1S/C14H13ClN4O2S/c1-19-13(21)11(12(20)16-14(19)22)10-6-9(17-18-10)7-2-4-8(15)5-3-7/h2-5,9,17,21H,6H2,1H3,(H,16,20,22)/t9-/m0/s1. The van der Waals surface area contributed by atoms with Crippen molar-refractivity contribution in [2.45, 2.75) is 12.5 Å². The van der Waals surface area contributed by atoms with Crippen molar-refractivity contribution in [3.8, 4) is 5.88 Å². The molecule has 3 N–H and O–H groups in total. The van der Waals surface area contributed by atoms with E-state index in [1.54, 1.807) is 19.2 Å². The second kappa shape index (κ2) is 5.58. The van der Waals surface area contributed by atoms with Crippen molar-refractivity contribution in [3.05, 3.63) is 55.5 Å². The van der Waals surface area contributed by atoms with E-state index in [4.69, 9.17) is 23.8 Å². The zero-order chi connectivity index (χ0) is 15.9. The van der Waals surface area contributed by atoms with E-state index in [2.05, 4.69) is 15.5 Å². The maximum Gasteiger partial charge on any atom is 0.264 e. The first-order chi connectivity index (χ1) is 10.5. The molecule has 1 aliphatic heterocycles. The van der Waals surface area contributed by atoms with Crippen molar-refractivity contribution >= 4 is 29.5 Å². The minimum Gasteiger partial charge on any atom is -0.494 e. The highest BCUT2D eigenvalue weighted by Crippen LogP contribution is 2.26. The van der Waals surface area contributed by atoms with Crippen molar-refractivity contribution < 1.29 is 5.11 Å². The normalized spacial score (nSPS) is 17.2. The third-order valence-corrected chi connectivity index (χ3v) is 4.24. The molecule has 2 heterocycles. The number of benzene rings is 1. The van der Waals surface area contributed by atoms with E-state index in [1.165, 1.54) is 4.57 Å². The Kier molecular flexibility index (Phi) is 3.76. The van der Waals surface area contributed by atoms with Crippen LogP contribution in [0.15, 0.2) is 34.2 Å². The molecule has 0 aliphatic carbocycles. The lowest BCUT2D eigenvalue weighted by molar-refractivity contribution is 0.419. The monoisotopic (exact) mass is 336 g/mol. The Bertz CT molecular complexity index is 870. The number of hydrogen-bond donors (Lipinski definition) is 3. The smallest absolute Gasteiger partial charge is 0.264 e. The third kappa shape index (κ3) is 2.53. The highest BCUT2D eigenvalue weighted by Gasteiger charge is 2.26. The number of aromatic hydroxyl groups is 1. The molecule has 0 saturated heterocycles. The van der Waals surface area contributed by atoms with Gasteiger partial charge in [-0.1, -0.05) is 23.7 Å². The summed E-state index contributed by atoms with van der Waals surface area (Å²) in [5.41, 5.74) is 4.16. The number of nitrogens with zero attached hydrogens (tertiary/aromatic N) is 2. The van der Waals surface area contributed by atoms with E-state index in [9.17, 15) is 9.90 Å². The molecule has 1 aromatic carbocycles. The molecule has 3 rings (SSSR count). The quantitative estimate of drug-likeness (QED) is 0.734. The van der Waals surface area contributed by atoms with Gasteiger partial charge in [0, 0.05) is 18.5 Å². The summed E-state index contributed by atoms with van der Waals surface area (Å²) < 4.78 is 1.50. The summed E-state index contributed by atoms with van der Waals surface area (Å²) in [6.07, 6.45) is 0.481. The third-order valence-electron chi connectivity index (χ3n) is 3.61. The molecule has 22 heavy (non-hydrogen) atoms. The molecular weight excluding hydrogens is 324 g/mol. The fourth-order valence-corrected chi connectivity index (χ4v) is 2.66. The lowest BCUT2D eigenvalue weighted by Crippen LogP contribution is -2.21. The van der Waals surface area contributed by atoms with Crippen molar-refractivity contribution in [1.82, 2.24) is 15.0 Å². The topological polar surface area (TPSA) is 82.4 Å². The molecule has 1 aliphatic rings. The number of nitrogens with one attached hydrogen (secondary N) is 2. The molecule has 1 aromatic heterocycles. The average molecular weight is 337 g/mol. The zero-order valence-electron chi connectivity index (χ0n) is 11.6. The highest BCUT2D eigenvalue weighted by atomic mass is 35.5. The van der Waals surface area contributed by atoms with Gasteiger partial charge in [-0.3, -0.25) is 14.3 Å². The van der Waals surface area contributed by atoms with Crippen LogP contribution in [0.25, 0.3) is 0 Å². The van der Waals surface area contributed by atoms with Crippen LogP contribution in [0.4, 0.5) is 0 Å². The van der Waals surface area contributed by atoms with Gasteiger partial charge in [-0.05, 0) is 29.9 Å². The van der Waals surface area contributed by atoms with Crippen LogP contribution in [0.3, 0.4) is 0 Å². The summed E-state index contributed by atoms with van der Waals surface area (Å²) in [5.74, 6) is -0.189. The summed E-state index contributed by atoms with van der Waals surface area (Å²) in [5, 5.41) is 15.0. The van der Waals surface area contributed by atoms with Gasteiger partial charge < -0.3 is 10.5 Å². The molecule has 2 aromatic rings. The predicted octanol–water partition coefficient (Wildman–Crippen LogP) is 2.24. The number of aromatic amines is 1. The van der Waals surface area contributed by atoms with Crippen LogP contribution >= 0.6 is 23.8 Å². The Labute approximate surface area is 136 Å². The zero-order valence-corrected chi connectivity index (χ0v) is 13.2. The highest BCUT2D eigenvalue weighted by molar-refractivity contribution is 7.71. The molecule has 114 valence electrons. The molecule has 0 bridgehead atoms. The van der Waals surface area contributed by atoms with E-state index in [0.29, 0.717) is 17.2 Å². The van der Waals surface area contributed by atoms with Crippen molar-refractivity contribution in [3.63, 3.8) is 0 Å². The van der Waals surface area contributed by atoms with Gasteiger partial charge in [-0.2, -0.15) is 5.10 Å². The predicted molar refractivity (Wildman–Crippen MR) is 87.0 cm³/mol. The number of H-pyrrole nitrogens is 1. The lowest BCUT2D eigenvalue weighted by Gasteiger charge is -2.10. The summed E-state index contributed by atoms with van der Waals surface area (Å²) in [4.78, 5) is 14.6. The Hall–Kier alpha value is -2.12. The summed E-state index contributed by atoms with van der Waals surface area (Å²) >= 11 is 10.8. The fraction of sp³-hybridized carbons (Fsp3) is 0.214. The largest absolute Gasteiger partial charge is 0.494 e. The van der Waals surface area contributed by atoms with Gasteiger partial charge in [0.05, 0.1) is 11.8 Å². The first kappa shape index (κ1) is 14.8. The van der Waals surface area contributed by atoms with Gasteiger partial charge in [0.2, 0.25) is 5.88 Å². The number of aromatic nitrogens is 2. The summed E-state index contributed by atoms with van der Waals surface area (Å²) in [7, 11) is 1.58. The molecule has 0 unspecified atom stereocenters. The molecule has 0 saturated carbocycles. The minimum atomic E-state index is -0.446. The van der Waals surface area contributed by atoms with E-state index < -0.39 is 5.56 Å². The van der Waals surface area contributed by atoms with Crippen molar-refractivity contribution in [2.24, 2.45) is 12.1 Å². The Morgan fingerprint density at radius 1 is 1.41 bits per heavy atom. The van der Waals surface area contributed by atoms with Gasteiger partial charge in [-0.25, -0.2) is 0 Å². The number of halogens is 1. The first-order valence-corrected chi connectivity index (χ1v) is 7.36. The van der Waals surface area contributed by atoms with Gasteiger partial charge >= 0.3 is 0 Å². The molecule has 6 nitrogen and oxygen atoms in total. The number of hydrazone groups is 1. The first-order valence-electron chi connectivity index (χ1n) is 6.57. The van der Waals surface area contributed by atoms with E-state index in [-0.39, 0.29) is 22.3 Å². The number of rotatable bonds is 2. The summed E-state index contributed by atoms with van der Waals surface area (Å²) in [6.45, 7) is 0. The van der Waals surface area contributed by atoms with Gasteiger partial charge in [0.15, 0.2) is 4.77 Å². The van der Waals surface area contributed by atoms with Crippen LogP contribution in [-0.2, 0) is 7.05 Å². The lowest BCUT2D eigenvalue weighted by atomic mass is 10.0. The van der Waals surface area contributed by atoms with Crippen molar-refractivity contribution in [1.29, 1.82) is 0 Å². The van der Waals surface area contributed by atoms with Gasteiger partial charge in [0.25, 0.3) is 5.56 Å². The maximum atomic E-state index is 12.1. The molecular formula is C14H13ClN4O2S. The van der Waals surface area contributed by atoms with Crippen molar-refractivity contribution in [2.75, 3.05) is 0 Å². The van der Waals surface area contributed by atoms with Gasteiger partial charge in [-0.15, -0.1) is 0 Å². The van der Waals surface area contributed by atoms with Crippen LogP contribution in [0.2, 0.25) is 5.02 Å². The molecule has 0 amide bonds. The maximum absolute atomic E-state index is 12.1. The van der Waals surface area contributed by atoms with Gasteiger partial charge in [0.1, 0.15) is 5.56 Å². The molecule has 0 spiro atoms. The van der Waals surface area contributed by atoms with E-state index in [1.807, 2.05) is 12.1 Å². The Balaban J connectivity index is 1.93. The fourth-order valence-electron chi connectivity index (χ4n) is 2.35. The second-order valence-corrected chi connectivity index (χ2v) is 5.84. The van der Waals surface area contributed by atoms with Crippen LogP contribution in [-0.4, -0.2) is 20.4 Å². The second-order valence-electron chi connectivity index (χ2n) is 5.01. The average Bonchev–Trinajstić information content (AvgIpc) is 2.95. The van der Waals surface area contributed by atoms with Crippen LogP contribution < -0.4 is 11.0 Å². The Morgan fingerprint density at radius 3 is 2.77 bits per heavy atom. The minimum absolute atomic E-state index is 0.0699. The molecule has 0 radical (unpaired) electrons. The SMILES string of the molecule is Cn1c(O)c(C2=NN[C@H](c3ccc(Cl)cc3)C2)c(=O)[nH]c1=S. The van der Waals surface area contributed by atoms with Crippen LogP contribution in [0.5, 0.6) is 5.88 Å². The van der Waals surface area contributed by atoms with Crippen LogP contribution in [0.1, 0.15) is 23.6 Å². The molecule has 1 atom stereocenters. The number of hydrogen-bond acceptors (Lipinski definition) is 5. The van der Waals surface area contributed by atoms with E-state index in [0.717, 1.165) is 5.56 Å². The molecule has 8 heteroatoms. The van der Waals surface area contributed by atoms with E-state index >= 15 is 0 Å². The van der Waals surface area contributed by atoms with Crippen LogP contribution in [0, 0.1) is 4.77 Å². The summed E-state index contributed by atoms with van der Waals surface area (Å²) in [6, 6.07) is 7.32. The Morgan fingerprint density at radius 2 is 2.09 bits per heavy atom. The molecule has 0 fully saturated rings.